The minimum absolute atomic E-state index is 0.224. The fourth-order valence-electron chi connectivity index (χ4n) is 1.83. The van der Waals surface area contributed by atoms with E-state index in [1.807, 2.05) is 12.1 Å². The minimum atomic E-state index is 0.224. The van der Waals surface area contributed by atoms with Gasteiger partial charge in [0.2, 0.25) is 0 Å². The van der Waals surface area contributed by atoms with Crippen LogP contribution in [0.25, 0.3) is 0 Å². The van der Waals surface area contributed by atoms with Crippen LogP contribution in [0.15, 0.2) is 48.5 Å². The molecule has 2 nitrogen and oxygen atoms in total. The molecule has 0 saturated heterocycles. The van der Waals surface area contributed by atoms with Gasteiger partial charge in [0.15, 0.2) is 0 Å². The van der Waals surface area contributed by atoms with Gasteiger partial charge < -0.3 is 10.5 Å². The molecule has 0 spiro atoms. The van der Waals surface area contributed by atoms with Gasteiger partial charge in [-0.25, -0.2) is 6.07 Å². The number of hydrogen-bond donors (Lipinski definition) is 2. The molecule has 14 heavy (non-hydrogen) atoms. The molecule has 0 bridgehead atoms. The highest BCUT2D eigenvalue weighted by atomic mass is 15.0. The molecule has 0 atom stereocenters. The summed E-state index contributed by atoms with van der Waals surface area (Å²) in [5.74, 6) is 0. The van der Waals surface area contributed by atoms with E-state index in [1.165, 1.54) is 16.8 Å². The Morgan fingerprint density at radius 3 is 2.29 bits per heavy atom. The van der Waals surface area contributed by atoms with Crippen LogP contribution in [0.5, 0.6) is 0 Å². The summed E-state index contributed by atoms with van der Waals surface area (Å²) in [6.45, 7) is 0.224. The lowest BCUT2D eigenvalue weighted by molar-refractivity contribution is 1.70. The third kappa shape index (κ3) is 1.09. The van der Waals surface area contributed by atoms with Gasteiger partial charge in [-0.3, -0.25) is 0 Å². The largest absolute Gasteiger partial charge is 0.415 e. The Labute approximate surface area is 83.4 Å². The van der Waals surface area contributed by atoms with Crippen LogP contribution in [-0.4, -0.2) is 6.98 Å². The summed E-state index contributed by atoms with van der Waals surface area (Å²) in [6.07, 6.45) is 0. The third-order valence-electron chi connectivity index (χ3n) is 2.55. The van der Waals surface area contributed by atoms with Crippen molar-refractivity contribution in [1.82, 2.24) is 0 Å². The van der Waals surface area contributed by atoms with Gasteiger partial charge in [0.1, 0.15) is 0 Å². The molecule has 2 aromatic carbocycles. The van der Waals surface area contributed by atoms with Crippen molar-refractivity contribution in [3.8, 4) is 0 Å². The summed E-state index contributed by atoms with van der Waals surface area (Å²) < 4.78 is 0. The molecule has 68 valence electrons. The van der Waals surface area contributed by atoms with E-state index in [0.29, 0.717) is 0 Å². The molecule has 0 fully saturated rings. The Morgan fingerprint density at radius 2 is 1.71 bits per heavy atom. The van der Waals surface area contributed by atoms with E-state index in [1.54, 1.807) is 0 Å². The molecule has 0 unspecified atom stereocenters. The standard InChI is InChI=1S/C11H10BN2/c1-2-6-9(5-1)12-13-10-7-3-4-8-11(10)14-12/h1-8,13-14H/q-1. The Morgan fingerprint density at radius 1 is 1.00 bits per heavy atom. The van der Waals surface area contributed by atoms with Gasteiger partial charge in [0.25, 0.3) is 0 Å². The van der Waals surface area contributed by atoms with Crippen molar-refractivity contribution in [2.45, 2.75) is 0 Å². The van der Waals surface area contributed by atoms with Crippen LogP contribution in [0.1, 0.15) is 0 Å². The lowest BCUT2D eigenvalue weighted by Gasteiger charge is -2.10. The molecule has 0 aliphatic carbocycles. The molecule has 1 aliphatic heterocycles. The van der Waals surface area contributed by atoms with E-state index < -0.39 is 0 Å². The highest BCUT2D eigenvalue weighted by molar-refractivity contribution is 6.80. The molecule has 2 N–H and O–H groups in total. The molecule has 3 rings (SSSR count). The average molecular weight is 181 g/mol. The van der Waals surface area contributed by atoms with E-state index in [0.717, 1.165) is 0 Å². The number of rotatable bonds is 1. The molecule has 0 aromatic heterocycles. The second-order valence-corrected chi connectivity index (χ2v) is 3.49. The van der Waals surface area contributed by atoms with Gasteiger partial charge in [-0.1, -0.05) is 12.1 Å². The first-order chi connectivity index (χ1) is 6.93. The Bertz CT molecular complexity index is 411. The Kier molecular flexibility index (Phi) is 1.56. The molecule has 1 heterocycles. The predicted octanol–water partition coefficient (Wildman–Crippen LogP) is 1.64. The third-order valence-corrected chi connectivity index (χ3v) is 2.55. The van der Waals surface area contributed by atoms with Crippen LogP contribution in [0.3, 0.4) is 0 Å². The quantitative estimate of drug-likeness (QED) is 0.516. The maximum absolute atomic E-state index is 3.43. The van der Waals surface area contributed by atoms with Gasteiger partial charge in [-0.05, 0) is 12.1 Å². The Balaban J connectivity index is 1.92. The molecule has 0 amide bonds. The van der Waals surface area contributed by atoms with Crippen molar-refractivity contribution < 1.29 is 0 Å². The SMILES string of the molecule is c1ccc2c(c1)NB(c1cc[cH-]c1)N2. The number of para-hydroxylation sites is 2. The predicted molar refractivity (Wildman–Crippen MR) is 61.1 cm³/mol. The summed E-state index contributed by atoms with van der Waals surface area (Å²) in [5, 5.41) is 6.85. The fraction of sp³-hybridized carbons (Fsp3) is 0. The summed E-state index contributed by atoms with van der Waals surface area (Å²) in [6, 6.07) is 16.6. The average Bonchev–Trinajstić information content (AvgIpc) is 2.86. The van der Waals surface area contributed by atoms with Crippen molar-refractivity contribution in [3.05, 3.63) is 48.5 Å². The van der Waals surface area contributed by atoms with Gasteiger partial charge in [0, 0.05) is 11.4 Å². The van der Waals surface area contributed by atoms with Crippen molar-refractivity contribution >= 4 is 23.8 Å². The molecule has 0 radical (unpaired) electrons. The van der Waals surface area contributed by atoms with E-state index in [9.17, 15) is 0 Å². The summed E-state index contributed by atoms with van der Waals surface area (Å²) in [4.78, 5) is 0. The normalized spacial score (nSPS) is 13.3. The second kappa shape index (κ2) is 2.87. The lowest BCUT2D eigenvalue weighted by atomic mass is 9.71. The number of nitrogens with one attached hydrogen (secondary N) is 2. The number of fused-ring (bicyclic) bond motifs is 1. The van der Waals surface area contributed by atoms with Gasteiger partial charge in [0.05, 0.1) is 0 Å². The van der Waals surface area contributed by atoms with Crippen molar-refractivity contribution in [2.24, 2.45) is 0 Å². The van der Waals surface area contributed by atoms with E-state index in [-0.39, 0.29) is 6.98 Å². The zero-order valence-corrected chi connectivity index (χ0v) is 7.70. The highest BCUT2D eigenvalue weighted by Crippen LogP contribution is 2.26. The summed E-state index contributed by atoms with van der Waals surface area (Å²) >= 11 is 0. The minimum Gasteiger partial charge on any atom is -0.415 e. The Hall–Kier alpha value is -1.77. The highest BCUT2D eigenvalue weighted by Gasteiger charge is 2.20. The van der Waals surface area contributed by atoms with Gasteiger partial charge in [-0.2, -0.15) is 23.7 Å². The second-order valence-electron chi connectivity index (χ2n) is 3.49. The van der Waals surface area contributed by atoms with E-state index >= 15 is 0 Å². The fourth-order valence-corrected chi connectivity index (χ4v) is 1.83. The number of hydrogen-bond acceptors (Lipinski definition) is 2. The van der Waals surface area contributed by atoms with Crippen LogP contribution in [0, 0.1) is 0 Å². The first kappa shape index (κ1) is 7.62. The van der Waals surface area contributed by atoms with Crippen LogP contribution in [-0.2, 0) is 0 Å². The van der Waals surface area contributed by atoms with E-state index in [4.69, 9.17) is 0 Å². The maximum Gasteiger partial charge on any atom is 0.320 e. The van der Waals surface area contributed by atoms with Crippen LogP contribution in [0.2, 0.25) is 0 Å². The zero-order chi connectivity index (χ0) is 9.38. The molecular weight excluding hydrogens is 171 g/mol. The van der Waals surface area contributed by atoms with Crippen LogP contribution in [0.4, 0.5) is 11.4 Å². The molecule has 2 aromatic rings. The van der Waals surface area contributed by atoms with Crippen molar-refractivity contribution in [1.29, 1.82) is 0 Å². The summed E-state index contributed by atoms with van der Waals surface area (Å²) in [5.41, 5.74) is 3.64. The topological polar surface area (TPSA) is 24.1 Å². The summed E-state index contributed by atoms with van der Waals surface area (Å²) in [7, 11) is 0. The molecular formula is C11H10BN2-. The zero-order valence-electron chi connectivity index (χ0n) is 7.70. The van der Waals surface area contributed by atoms with Crippen molar-refractivity contribution in [2.75, 3.05) is 10.5 Å². The smallest absolute Gasteiger partial charge is 0.320 e. The van der Waals surface area contributed by atoms with Crippen LogP contribution >= 0.6 is 0 Å². The molecule has 1 aliphatic rings. The number of benzene rings is 1. The lowest BCUT2D eigenvalue weighted by Crippen LogP contribution is -2.40. The maximum atomic E-state index is 3.43. The monoisotopic (exact) mass is 181 g/mol. The first-order valence-corrected chi connectivity index (χ1v) is 4.77. The molecule has 3 heteroatoms. The van der Waals surface area contributed by atoms with E-state index in [2.05, 4.69) is 46.9 Å². The molecule has 0 saturated carbocycles. The first-order valence-electron chi connectivity index (χ1n) is 4.77. The van der Waals surface area contributed by atoms with Crippen LogP contribution < -0.4 is 15.9 Å². The van der Waals surface area contributed by atoms with Gasteiger partial charge in [-0.15, -0.1) is 0 Å². The van der Waals surface area contributed by atoms with Crippen molar-refractivity contribution in [3.63, 3.8) is 0 Å². The van der Waals surface area contributed by atoms with Gasteiger partial charge >= 0.3 is 6.98 Å². The number of anilines is 2.